The zero-order chi connectivity index (χ0) is 13.0. The van der Waals surface area contributed by atoms with Gasteiger partial charge in [0.25, 0.3) is 0 Å². The molecule has 2 aromatic rings. The molecule has 96 valence electrons. The summed E-state index contributed by atoms with van der Waals surface area (Å²) in [6.07, 6.45) is 2.19. The summed E-state index contributed by atoms with van der Waals surface area (Å²) in [5.41, 5.74) is 6.69. The van der Waals surface area contributed by atoms with Crippen LogP contribution >= 0.6 is 11.8 Å². The molecule has 6 heteroatoms. The molecule has 18 heavy (non-hydrogen) atoms. The van der Waals surface area contributed by atoms with Crippen LogP contribution in [0, 0.1) is 5.82 Å². The molecule has 4 nitrogen and oxygen atoms in total. The first kappa shape index (κ1) is 13.0. The van der Waals surface area contributed by atoms with E-state index in [-0.39, 0.29) is 17.1 Å². The third-order valence-electron chi connectivity index (χ3n) is 2.70. The smallest absolute Gasteiger partial charge is 0.184 e. The molecular weight excluding hydrogens is 251 g/mol. The minimum atomic E-state index is -0.238. The largest absolute Gasteiger partial charge is 0.326 e. The number of hydrogen-bond acceptors (Lipinski definition) is 4. The molecule has 0 amide bonds. The van der Waals surface area contributed by atoms with Crippen molar-refractivity contribution in [2.24, 2.45) is 5.73 Å². The maximum absolute atomic E-state index is 13.8. The molecule has 0 saturated heterocycles. The average molecular weight is 266 g/mol. The molecule has 1 heterocycles. The number of halogens is 1. The summed E-state index contributed by atoms with van der Waals surface area (Å²) in [6.45, 7) is 1.99. The number of rotatable bonds is 5. The molecule has 0 bridgehead atoms. The van der Waals surface area contributed by atoms with Crippen LogP contribution in [-0.2, 0) is 0 Å². The lowest BCUT2D eigenvalue weighted by Gasteiger charge is -2.22. The van der Waals surface area contributed by atoms with Crippen LogP contribution in [0.4, 0.5) is 4.39 Å². The Morgan fingerprint density at radius 3 is 2.83 bits per heavy atom. The van der Waals surface area contributed by atoms with Gasteiger partial charge in [-0.15, -0.1) is 0 Å². The van der Waals surface area contributed by atoms with E-state index in [0.717, 1.165) is 6.42 Å². The molecule has 2 atom stereocenters. The van der Waals surface area contributed by atoms with Gasteiger partial charge in [-0.3, -0.25) is 5.10 Å². The molecule has 0 saturated carbocycles. The normalized spacial score (nSPS) is 14.4. The fraction of sp³-hybridized carbons (Fsp3) is 0.333. The van der Waals surface area contributed by atoms with E-state index in [9.17, 15) is 4.39 Å². The second kappa shape index (κ2) is 5.97. The van der Waals surface area contributed by atoms with Gasteiger partial charge in [0.05, 0.1) is 5.25 Å². The zero-order valence-corrected chi connectivity index (χ0v) is 10.8. The Hall–Kier alpha value is -1.40. The van der Waals surface area contributed by atoms with E-state index in [1.165, 1.54) is 24.2 Å². The number of nitrogens with one attached hydrogen (secondary N) is 1. The van der Waals surface area contributed by atoms with Crippen molar-refractivity contribution in [1.82, 2.24) is 15.2 Å². The lowest BCUT2D eigenvalue weighted by molar-refractivity contribution is 0.572. The van der Waals surface area contributed by atoms with E-state index in [4.69, 9.17) is 5.73 Å². The molecule has 0 aliphatic rings. The predicted octanol–water partition coefficient (Wildman–Crippen LogP) is 2.51. The van der Waals surface area contributed by atoms with Crippen LogP contribution in [0.25, 0.3) is 0 Å². The second-order valence-electron chi connectivity index (χ2n) is 3.92. The van der Waals surface area contributed by atoms with E-state index in [1.807, 2.05) is 13.0 Å². The number of benzene rings is 1. The van der Waals surface area contributed by atoms with E-state index < -0.39 is 0 Å². The molecule has 2 unspecified atom stereocenters. The van der Waals surface area contributed by atoms with Crippen LogP contribution in [0.1, 0.15) is 24.2 Å². The van der Waals surface area contributed by atoms with Crippen LogP contribution < -0.4 is 5.73 Å². The molecule has 0 aliphatic carbocycles. The van der Waals surface area contributed by atoms with Crippen molar-refractivity contribution in [3.63, 3.8) is 0 Å². The van der Waals surface area contributed by atoms with Gasteiger partial charge in [0.1, 0.15) is 12.1 Å². The van der Waals surface area contributed by atoms with Crippen molar-refractivity contribution in [2.75, 3.05) is 0 Å². The number of nitrogens with two attached hydrogens (primary N) is 1. The van der Waals surface area contributed by atoms with Crippen LogP contribution in [-0.4, -0.2) is 21.2 Å². The fourth-order valence-electron chi connectivity index (χ4n) is 1.67. The molecule has 3 N–H and O–H groups in total. The third-order valence-corrected chi connectivity index (χ3v) is 3.98. The van der Waals surface area contributed by atoms with Gasteiger partial charge in [0.2, 0.25) is 0 Å². The van der Waals surface area contributed by atoms with Crippen molar-refractivity contribution < 1.29 is 4.39 Å². The lowest BCUT2D eigenvalue weighted by atomic mass is 10.0. The number of thioether (sulfide) groups is 1. The Kier molecular flexibility index (Phi) is 4.33. The van der Waals surface area contributed by atoms with Crippen molar-refractivity contribution in [2.45, 2.75) is 29.8 Å². The molecular formula is C12H15FN4S. The number of H-pyrrole nitrogens is 1. The number of nitrogens with zero attached hydrogens (tertiary/aromatic N) is 2. The Morgan fingerprint density at radius 1 is 1.44 bits per heavy atom. The molecule has 0 spiro atoms. The number of hydrogen-bond donors (Lipinski definition) is 2. The quantitative estimate of drug-likeness (QED) is 0.816. The summed E-state index contributed by atoms with van der Waals surface area (Å²) in [6, 6.07) is 6.56. The average Bonchev–Trinajstić information content (AvgIpc) is 2.89. The fourth-order valence-corrected chi connectivity index (χ4v) is 2.81. The summed E-state index contributed by atoms with van der Waals surface area (Å²) < 4.78 is 13.8. The highest BCUT2D eigenvalue weighted by atomic mass is 32.2. The minimum Gasteiger partial charge on any atom is -0.326 e. The summed E-state index contributed by atoms with van der Waals surface area (Å²) in [4.78, 5) is 4.05. The number of aromatic nitrogens is 3. The van der Waals surface area contributed by atoms with Crippen molar-refractivity contribution >= 4 is 11.8 Å². The van der Waals surface area contributed by atoms with Gasteiger partial charge < -0.3 is 5.73 Å². The van der Waals surface area contributed by atoms with Gasteiger partial charge in [0, 0.05) is 11.6 Å². The van der Waals surface area contributed by atoms with E-state index in [0.29, 0.717) is 10.7 Å². The van der Waals surface area contributed by atoms with Crippen LogP contribution in [0.2, 0.25) is 0 Å². The van der Waals surface area contributed by atoms with E-state index in [2.05, 4.69) is 15.2 Å². The van der Waals surface area contributed by atoms with Crippen LogP contribution in [0.3, 0.4) is 0 Å². The summed E-state index contributed by atoms with van der Waals surface area (Å²) in [5.74, 6) is -0.238. The SMILES string of the molecule is CCC(N)C(Sc1ncn[nH]1)c1ccccc1F. The summed E-state index contributed by atoms with van der Waals surface area (Å²) in [5, 5.41) is 7.01. The highest BCUT2D eigenvalue weighted by Gasteiger charge is 2.23. The number of aromatic amines is 1. The lowest BCUT2D eigenvalue weighted by Crippen LogP contribution is -2.26. The highest BCUT2D eigenvalue weighted by molar-refractivity contribution is 7.99. The van der Waals surface area contributed by atoms with Crippen LogP contribution in [0.5, 0.6) is 0 Å². The van der Waals surface area contributed by atoms with Crippen molar-refractivity contribution in [3.8, 4) is 0 Å². The van der Waals surface area contributed by atoms with Crippen LogP contribution in [0.15, 0.2) is 35.7 Å². The minimum absolute atomic E-state index is 0.142. The van der Waals surface area contributed by atoms with Gasteiger partial charge in [-0.05, 0) is 12.5 Å². The van der Waals surface area contributed by atoms with Crippen molar-refractivity contribution in [3.05, 3.63) is 42.0 Å². The van der Waals surface area contributed by atoms with E-state index >= 15 is 0 Å². The van der Waals surface area contributed by atoms with Gasteiger partial charge in [-0.1, -0.05) is 36.9 Å². The first-order valence-electron chi connectivity index (χ1n) is 5.74. The molecule has 1 aromatic carbocycles. The summed E-state index contributed by atoms with van der Waals surface area (Å²) in [7, 11) is 0. The third kappa shape index (κ3) is 2.88. The summed E-state index contributed by atoms with van der Waals surface area (Å²) >= 11 is 1.40. The molecule has 2 rings (SSSR count). The van der Waals surface area contributed by atoms with Gasteiger partial charge >= 0.3 is 0 Å². The molecule has 0 aliphatic heterocycles. The van der Waals surface area contributed by atoms with E-state index in [1.54, 1.807) is 12.1 Å². The first-order chi connectivity index (χ1) is 8.72. The predicted molar refractivity (Wildman–Crippen MR) is 69.6 cm³/mol. The standard InChI is InChI=1S/C12H15FN4S/c1-2-10(14)11(18-12-15-7-16-17-12)8-5-3-4-6-9(8)13/h3-7,10-11H,2,14H2,1H3,(H,15,16,17). The maximum Gasteiger partial charge on any atom is 0.184 e. The first-order valence-corrected chi connectivity index (χ1v) is 6.62. The second-order valence-corrected chi connectivity index (χ2v) is 5.05. The Labute approximate surface area is 109 Å². The monoisotopic (exact) mass is 266 g/mol. The zero-order valence-electron chi connectivity index (χ0n) is 10.0. The van der Waals surface area contributed by atoms with Gasteiger partial charge in [0.15, 0.2) is 5.16 Å². The highest BCUT2D eigenvalue weighted by Crippen LogP contribution is 2.37. The van der Waals surface area contributed by atoms with Gasteiger partial charge in [-0.25, -0.2) is 9.37 Å². The molecule has 1 aromatic heterocycles. The Morgan fingerprint density at radius 2 is 2.22 bits per heavy atom. The Balaban J connectivity index is 2.28. The maximum atomic E-state index is 13.8. The molecule has 0 fully saturated rings. The van der Waals surface area contributed by atoms with Gasteiger partial charge in [-0.2, -0.15) is 5.10 Å². The molecule has 0 radical (unpaired) electrons. The Bertz CT molecular complexity index is 489. The van der Waals surface area contributed by atoms with Crippen molar-refractivity contribution in [1.29, 1.82) is 0 Å². The topological polar surface area (TPSA) is 67.6 Å².